The van der Waals surface area contributed by atoms with Gasteiger partial charge in [-0.05, 0) is 70.2 Å². The molecule has 0 amide bonds. The molecule has 0 N–H and O–H groups in total. The molecule has 3 aromatic rings. The number of nitrogens with zero attached hydrogens (tertiary/aromatic N) is 8. The van der Waals surface area contributed by atoms with Crippen LogP contribution in [0.25, 0.3) is 46.9 Å². The van der Waals surface area contributed by atoms with Crippen LogP contribution in [0.2, 0.25) is 0 Å². The zero-order chi connectivity index (χ0) is 33.9. The van der Waals surface area contributed by atoms with Gasteiger partial charge in [0.25, 0.3) is 0 Å². The van der Waals surface area contributed by atoms with E-state index < -0.39 is 0 Å². The number of fused-ring (bicyclic) bond motifs is 8. The molecule has 8 nitrogen and oxygen atoms in total. The van der Waals surface area contributed by atoms with E-state index in [-0.39, 0.29) is 20.4 Å². The molecule has 0 unspecified atom stereocenters. The first-order valence-electron chi connectivity index (χ1n) is 15.2. The zero-order valence-corrected chi connectivity index (χ0v) is 32.1. The van der Waals surface area contributed by atoms with E-state index in [9.17, 15) is 0 Å². The predicted molar refractivity (Wildman–Crippen MR) is 188 cm³/mol. The topological polar surface area (TPSA) is 106 Å². The number of hydrogen-bond donors (Lipinski definition) is 0. The third-order valence-corrected chi connectivity index (χ3v) is 3.36. The van der Waals surface area contributed by atoms with Gasteiger partial charge in [-0.1, -0.05) is 111 Å². The second-order valence-electron chi connectivity index (χ2n) is 17.1. The smallest absolute Gasteiger partial charge is 0.358 e. The third kappa shape index (κ3) is 26.0. The van der Waals surface area contributed by atoms with Gasteiger partial charge in [-0.2, -0.15) is 0 Å². The first-order chi connectivity index (χ1) is 19.8. The predicted octanol–water partition coefficient (Wildman–Crippen LogP) is 9.70. The molecule has 2 aliphatic heterocycles. The van der Waals surface area contributed by atoms with Crippen LogP contribution in [0.4, 0.5) is 0 Å². The normalized spacial score (nSPS) is 12.1. The fourth-order valence-electron chi connectivity index (χ4n) is 2.33. The maximum atomic E-state index is 4.37. The van der Waals surface area contributed by atoms with Gasteiger partial charge in [0.15, 0.2) is 0 Å². The quantitative estimate of drug-likeness (QED) is 0.147. The van der Waals surface area contributed by atoms with Gasteiger partial charge in [-0.15, -0.1) is 0 Å². The van der Waals surface area contributed by atoms with Crippen LogP contribution >= 0.6 is 0 Å². The zero-order valence-electron chi connectivity index (χ0n) is 30.5. The van der Waals surface area contributed by atoms with Crippen molar-refractivity contribution in [3.05, 3.63) is 47.6 Å². The van der Waals surface area contributed by atoms with Gasteiger partial charge < -0.3 is 29.9 Å². The Hall–Kier alpha value is -3.02. The second kappa shape index (κ2) is 17.6. The Morgan fingerprint density at radius 1 is 0.333 bits per heavy atom. The molecule has 0 fully saturated rings. The summed E-state index contributed by atoms with van der Waals surface area (Å²) in [6, 6.07) is 7.12. The summed E-state index contributed by atoms with van der Waals surface area (Å²) in [6.07, 6.45) is 7.12. The Morgan fingerprint density at radius 2 is 0.489 bits per heavy atom. The van der Waals surface area contributed by atoms with E-state index in [1.807, 2.05) is 0 Å². The summed E-state index contributed by atoms with van der Waals surface area (Å²) >= 11 is 0. The number of aromatic nitrogens is 8. The molecule has 0 aliphatic carbocycles. The van der Waals surface area contributed by atoms with Crippen molar-refractivity contribution in [1.82, 2.24) is 39.9 Å². The molecule has 0 atom stereocenters. The number of rotatable bonds is 0. The van der Waals surface area contributed by atoms with Gasteiger partial charge >= 0.3 is 20.4 Å². The van der Waals surface area contributed by atoms with E-state index in [4.69, 9.17) is 0 Å². The summed E-state index contributed by atoms with van der Waals surface area (Å²) < 4.78 is 0. The Kier molecular flexibility index (Phi) is 16.4. The summed E-state index contributed by atoms with van der Waals surface area (Å²) in [7, 11) is 0. The van der Waals surface area contributed by atoms with E-state index in [1.54, 1.807) is 48.6 Å². The van der Waals surface area contributed by atoms with Gasteiger partial charge in [0.05, 0.1) is 23.3 Å². The maximum absolute atomic E-state index is 4.37. The molecular weight excluding hydrogens is 651 g/mol. The minimum Gasteiger partial charge on any atom is -0.358 e. The summed E-state index contributed by atoms with van der Waals surface area (Å²) in [5.74, 6) is 2.15. The van der Waals surface area contributed by atoms with Crippen molar-refractivity contribution in [2.45, 2.75) is 111 Å². The largest absolute Gasteiger partial charge is 2.00 e. The summed E-state index contributed by atoms with van der Waals surface area (Å²) in [6.45, 7) is 35.0. The van der Waals surface area contributed by atoms with Crippen LogP contribution in [0.1, 0.15) is 134 Å². The van der Waals surface area contributed by atoms with E-state index >= 15 is 0 Å². The van der Waals surface area contributed by atoms with Gasteiger partial charge in [0.2, 0.25) is 0 Å². The van der Waals surface area contributed by atoms with Crippen LogP contribution in [-0.4, -0.2) is 29.9 Å². The maximum Gasteiger partial charge on any atom is 2.00 e. The van der Waals surface area contributed by atoms with Gasteiger partial charge in [-0.3, -0.25) is 0 Å². The summed E-state index contributed by atoms with van der Waals surface area (Å²) in [5, 5.41) is 0. The average Bonchev–Trinajstić information content (AvgIpc) is 3.55. The second-order valence-corrected chi connectivity index (χ2v) is 17.1. The minimum absolute atomic E-state index is 0. The van der Waals surface area contributed by atoms with Crippen LogP contribution in [0.3, 0.4) is 0 Å². The van der Waals surface area contributed by atoms with Crippen LogP contribution in [0, 0.1) is 21.7 Å². The summed E-state index contributed by atoms with van der Waals surface area (Å²) in [4.78, 5) is 34.8. The van der Waals surface area contributed by atoms with Crippen molar-refractivity contribution < 1.29 is 20.4 Å². The molecule has 9 heteroatoms. The molecule has 0 radical (unpaired) electrons. The third-order valence-electron chi connectivity index (χ3n) is 3.36. The van der Waals surface area contributed by atoms with E-state index in [0.29, 0.717) is 67.5 Å². The van der Waals surface area contributed by atoms with Crippen molar-refractivity contribution in [2.75, 3.05) is 0 Å². The van der Waals surface area contributed by atoms with Crippen LogP contribution in [0.15, 0.2) is 24.3 Å². The van der Waals surface area contributed by atoms with E-state index in [0.717, 1.165) is 0 Å². The molecule has 5 heterocycles. The van der Waals surface area contributed by atoms with Crippen molar-refractivity contribution >= 4 is 46.9 Å². The van der Waals surface area contributed by atoms with Crippen LogP contribution in [0.5, 0.6) is 0 Å². The molecule has 8 bridgehead atoms. The Labute approximate surface area is 286 Å². The molecule has 250 valence electrons. The van der Waals surface area contributed by atoms with Crippen LogP contribution < -0.4 is 9.97 Å². The van der Waals surface area contributed by atoms with E-state index in [2.05, 4.69) is 151 Å². The molecule has 0 saturated heterocycles. The monoisotopic (exact) mass is 706 g/mol. The van der Waals surface area contributed by atoms with Crippen molar-refractivity contribution in [3.8, 4) is 0 Å². The average molecular weight is 707 g/mol. The molecule has 0 saturated carbocycles. The molecule has 0 aromatic carbocycles. The summed E-state index contributed by atoms with van der Waals surface area (Å²) in [5.41, 5.74) is 4.15. The number of hydrogen-bond acceptors (Lipinski definition) is 6. The molecule has 45 heavy (non-hydrogen) atoms. The Morgan fingerprint density at radius 3 is 0.644 bits per heavy atom. The van der Waals surface area contributed by atoms with Crippen LogP contribution in [-0.2, 0) is 20.4 Å². The Bertz CT molecular complexity index is 1290. The van der Waals surface area contributed by atoms with Gasteiger partial charge in [0.1, 0.15) is 0 Å². The molecule has 0 spiro atoms. The first kappa shape index (κ1) is 42.0. The minimum atomic E-state index is 0. The SMILES string of the molecule is C1=Cc2nc1nc1ccc(nc3nc(nc4ccc(n2)[n-]4)C=C3)[n-]1.CC(C)(C)C.CC(C)(C)C.CC(C)(C)C.CC(C)(C)C.[Pd+2]. The first-order valence-corrected chi connectivity index (χ1v) is 15.2. The van der Waals surface area contributed by atoms with Gasteiger partial charge in [-0.25, -0.2) is 9.97 Å². The standard InChI is InChI=1S/C16H8N8.4C5H12.Pd/c1-2-10-17-9(1)21-11-3-4-13(18-11)23-15-7-8-16(20-15)24-14-6-5-12(19-14)22-10;4*1-5(2,3)4;/h1-8H;4*1-4H3;/q-2;;;;;+2. The Balaban J connectivity index is 0.000000763. The molecular formula is C36H56N8Pd. The fraction of sp³-hybridized carbons (Fsp3) is 0.556. The van der Waals surface area contributed by atoms with Crippen molar-refractivity contribution in [1.29, 1.82) is 0 Å². The molecule has 5 rings (SSSR count). The molecule has 2 aliphatic rings. The van der Waals surface area contributed by atoms with E-state index in [1.165, 1.54) is 0 Å². The fourth-order valence-corrected chi connectivity index (χ4v) is 2.33. The molecule has 3 aromatic heterocycles. The van der Waals surface area contributed by atoms with Gasteiger partial charge in [0, 0.05) is 22.6 Å². The van der Waals surface area contributed by atoms with Crippen molar-refractivity contribution in [3.63, 3.8) is 0 Å². The van der Waals surface area contributed by atoms with Crippen molar-refractivity contribution in [2.24, 2.45) is 21.7 Å².